The maximum absolute atomic E-state index is 13.8. The van der Waals surface area contributed by atoms with Gasteiger partial charge in [-0.2, -0.15) is 0 Å². The number of halogens is 2. The molecule has 1 fully saturated rings. The Balaban J connectivity index is 1.61. The van der Waals surface area contributed by atoms with Crippen LogP contribution in [0.3, 0.4) is 0 Å². The van der Waals surface area contributed by atoms with Crippen LogP contribution in [0.5, 0.6) is 0 Å². The van der Waals surface area contributed by atoms with Crippen molar-refractivity contribution in [3.8, 4) is 0 Å². The van der Waals surface area contributed by atoms with E-state index >= 15 is 0 Å². The number of hydrogen-bond acceptors (Lipinski definition) is 0. The van der Waals surface area contributed by atoms with Crippen molar-refractivity contribution in [3.63, 3.8) is 0 Å². The minimum Gasteiger partial charge on any atom is -0.207 e. The molecule has 23 heavy (non-hydrogen) atoms. The predicted octanol–water partition coefficient (Wildman–Crippen LogP) is 7.58. The van der Waals surface area contributed by atoms with Crippen LogP contribution < -0.4 is 0 Å². The summed E-state index contributed by atoms with van der Waals surface area (Å²) in [4.78, 5) is 0. The van der Waals surface area contributed by atoms with Gasteiger partial charge in [-0.05, 0) is 42.4 Å². The summed E-state index contributed by atoms with van der Waals surface area (Å²) >= 11 is 5.81. The molecule has 0 N–H and O–H groups in total. The normalized spacial score (nSPS) is 21.5. The maximum atomic E-state index is 13.8. The Morgan fingerprint density at radius 3 is 2.26 bits per heavy atom. The lowest BCUT2D eigenvalue weighted by Gasteiger charge is -2.28. The average molecular weight is 339 g/mol. The summed E-state index contributed by atoms with van der Waals surface area (Å²) in [7, 11) is 0. The topological polar surface area (TPSA) is 0 Å². The third kappa shape index (κ3) is 6.83. The maximum Gasteiger partial charge on any atom is 0.127 e. The molecule has 0 amide bonds. The summed E-state index contributed by atoms with van der Waals surface area (Å²) in [5.41, 5.74) is 0.826. The first-order chi connectivity index (χ1) is 11.2. The fourth-order valence-corrected chi connectivity index (χ4v) is 4.09. The van der Waals surface area contributed by atoms with Gasteiger partial charge in [-0.1, -0.05) is 88.8 Å². The summed E-state index contributed by atoms with van der Waals surface area (Å²) < 4.78 is 13.8. The molecule has 1 aliphatic carbocycles. The molecule has 0 heterocycles. The fourth-order valence-electron chi connectivity index (χ4n) is 3.93. The van der Waals surface area contributed by atoms with Gasteiger partial charge >= 0.3 is 0 Å². The van der Waals surface area contributed by atoms with E-state index in [1.165, 1.54) is 70.3 Å². The number of hydrogen-bond donors (Lipinski definition) is 0. The Morgan fingerprint density at radius 2 is 1.61 bits per heavy atom. The Hall–Kier alpha value is -0.560. The van der Waals surface area contributed by atoms with E-state index in [1.54, 1.807) is 6.07 Å². The van der Waals surface area contributed by atoms with Crippen molar-refractivity contribution in [2.75, 3.05) is 0 Å². The standard InChI is InChI=1S/C21H32ClF/c1-2-3-4-5-6-7-17-8-10-18(11-9-17)12-13-19-14-15-20(22)16-21(19)23/h14-18H,2-13H2,1H3. The van der Waals surface area contributed by atoms with Gasteiger partial charge in [-0.3, -0.25) is 0 Å². The van der Waals surface area contributed by atoms with E-state index < -0.39 is 0 Å². The molecule has 0 saturated heterocycles. The molecule has 0 bridgehead atoms. The average Bonchev–Trinajstić information content (AvgIpc) is 2.55. The molecule has 0 aliphatic heterocycles. The largest absolute Gasteiger partial charge is 0.207 e. The molecule has 1 aromatic carbocycles. The molecule has 1 aliphatic rings. The van der Waals surface area contributed by atoms with Gasteiger partial charge < -0.3 is 0 Å². The highest BCUT2D eigenvalue weighted by atomic mass is 35.5. The molecule has 0 nitrogen and oxygen atoms in total. The third-order valence-electron chi connectivity index (χ3n) is 5.52. The van der Waals surface area contributed by atoms with E-state index in [9.17, 15) is 4.39 Å². The molecule has 2 rings (SSSR count). The van der Waals surface area contributed by atoms with Gasteiger partial charge in [0.25, 0.3) is 0 Å². The Labute approximate surface area is 146 Å². The molecule has 0 radical (unpaired) electrons. The molecule has 2 heteroatoms. The van der Waals surface area contributed by atoms with Crippen LogP contribution in [-0.4, -0.2) is 0 Å². The van der Waals surface area contributed by atoms with Crippen molar-refractivity contribution < 1.29 is 4.39 Å². The van der Waals surface area contributed by atoms with Gasteiger partial charge in [0.05, 0.1) is 0 Å². The minimum absolute atomic E-state index is 0.140. The highest BCUT2D eigenvalue weighted by molar-refractivity contribution is 6.30. The van der Waals surface area contributed by atoms with Crippen LogP contribution in [0.1, 0.15) is 83.1 Å². The SMILES string of the molecule is CCCCCCCC1CCC(CCc2ccc(Cl)cc2F)CC1. The zero-order valence-electron chi connectivity index (χ0n) is 14.6. The molecular weight excluding hydrogens is 307 g/mol. The third-order valence-corrected chi connectivity index (χ3v) is 5.75. The van der Waals surface area contributed by atoms with E-state index in [1.807, 2.05) is 6.07 Å². The monoisotopic (exact) mass is 338 g/mol. The van der Waals surface area contributed by atoms with Crippen molar-refractivity contribution in [3.05, 3.63) is 34.6 Å². The fraction of sp³-hybridized carbons (Fsp3) is 0.714. The molecule has 0 aromatic heterocycles. The second-order valence-electron chi connectivity index (χ2n) is 7.36. The zero-order chi connectivity index (χ0) is 16.5. The van der Waals surface area contributed by atoms with Crippen molar-refractivity contribution in [1.82, 2.24) is 0 Å². The number of aryl methyl sites for hydroxylation is 1. The predicted molar refractivity (Wildman–Crippen MR) is 98.6 cm³/mol. The van der Waals surface area contributed by atoms with Crippen LogP contribution in [-0.2, 0) is 6.42 Å². The Bertz CT molecular complexity index is 449. The van der Waals surface area contributed by atoms with Crippen LogP contribution in [0.15, 0.2) is 18.2 Å². The highest BCUT2D eigenvalue weighted by Crippen LogP contribution is 2.34. The first-order valence-corrected chi connectivity index (χ1v) is 10.0. The first kappa shape index (κ1) is 18.8. The van der Waals surface area contributed by atoms with E-state index in [4.69, 9.17) is 11.6 Å². The minimum atomic E-state index is -0.140. The summed E-state index contributed by atoms with van der Waals surface area (Å²) in [6, 6.07) is 5.08. The van der Waals surface area contributed by atoms with Gasteiger partial charge in [0.2, 0.25) is 0 Å². The summed E-state index contributed by atoms with van der Waals surface area (Å²) in [5.74, 6) is 1.61. The second kappa shape index (κ2) is 10.3. The van der Waals surface area contributed by atoms with Crippen LogP contribution in [0, 0.1) is 17.7 Å². The lowest BCUT2D eigenvalue weighted by atomic mass is 9.77. The number of unbranched alkanes of at least 4 members (excludes halogenated alkanes) is 4. The molecule has 0 atom stereocenters. The lowest BCUT2D eigenvalue weighted by Crippen LogP contribution is -2.15. The molecule has 1 saturated carbocycles. The van der Waals surface area contributed by atoms with E-state index in [0.29, 0.717) is 5.02 Å². The van der Waals surface area contributed by atoms with Gasteiger partial charge in [-0.25, -0.2) is 4.39 Å². The summed E-state index contributed by atoms with van der Waals surface area (Å²) in [6.45, 7) is 2.27. The van der Waals surface area contributed by atoms with Crippen molar-refractivity contribution in [2.24, 2.45) is 11.8 Å². The van der Waals surface area contributed by atoms with Gasteiger partial charge in [0.1, 0.15) is 5.82 Å². The highest BCUT2D eigenvalue weighted by Gasteiger charge is 2.21. The quantitative estimate of drug-likeness (QED) is 0.407. The number of benzene rings is 1. The van der Waals surface area contributed by atoms with Crippen LogP contribution in [0.4, 0.5) is 4.39 Å². The number of rotatable bonds is 9. The van der Waals surface area contributed by atoms with Crippen molar-refractivity contribution >= 4 is 11.6 Å². The van der Waals surface area contributed by atoms with Gasteiger partial charge in [0.15, 0.2) is 0 Å². The first-order valence-electron chi connectivity index (χ1n) is 9.63. The van der Waals surface area contributed by atoms with Crippen molar-refractivity contribution in [1.29, 1.82) is 0 Å². The molecular formula is C21H32ClF. The smallest absolute Gasteiger partial charge is 0.127 e. The molecule has 0 unspecified atom stereocenters. The molecule has 1 aromatic rings. The van der Waals surface area contributed by atoms with E-state index in [0.717, 1.165) is 30.2 Å². The Morgan fingerprint density at radius 1 is 0.957 bits per heavy atom. The van der Waals surface area contributed by atoms with Gasteiger partial charge in [0, 0.05) is 5.02 Å². The zero-order valence-corrected chi connectivity index (χ0v) is 15.4. The van der Waals surface area contributed by atoms with Crippen molar-refractivity contribution in [2.45, 2.75) is 84.0 Å². The molecule has 130 valence electrons. The summed E-state index contributed by atoms with van der Waals surface area (Å²) in [5, 5.41) is 0.491. The van der Waals surface area contributed by atoms with Crippen LogP contribution in [0.25, 0.3) is 0 Å². The molecule has 0 spiro atoms. The van der Waals surface area contributed by atoms with Crippen LogP contribution >= 0.6 is 11.6 Å². The summed E-state index contributed by atoms with van der Waals surface area (Å²) in [6.07, 6.45) is 15.9. The Kier molecular flexibility index (Phi) is 8.44. The van der Waals surface area contributed by atoms with E-state index in [-0.39, 0.29) is 5.82 Å². The van der Waals surface area contributed by atoms with E-state index in [2.05, 4.69) is 6.92 Å². The van der Waals surface area contributed by atoms with Crippen LogP contribution in [0.2, 0.25) is 5.02 Å². The van der Waals surface area contributed by atoms with Gasteiger partial charge in [-0.15, -0.1) is 0 Å². The lowest BCUT2D eigenvalue weighted by molar-refractivity contribution is 0.248. The second-order valence-corrected chi connectivity index (χ2v) is 7.80.